The highest BCUT2D eigenvalue weighted by Crippen LogP contribution is 2.32. The first-order valence-corrected chi connectivity index (χ1v) is 12.5. The van der Waals surface area contributed by atoms with E-state index in [1.54, 1.807) is 0 Å². The van der Waals surface area contributed by atoms with E-state index in [-0.39, 0.29) is 6.79 Å². The molecule has 11 nitrogen and oxygen atoms in total. The molecule has 2 aromatic rings. The van der Waals surface area contributed by atoms with Crippen LogP contribution in [0.15, 0.2) is 18.2 Å². The predicted octanol–water partition coefficient (Wildman–Crippen LogP) is 2.75. The van der Waals surface area contributed by atoms with Crippen molar-refractivity contribution in [2.45, 2.75) is 51.1 Å². The molecule has 1 aliphatic heterocycles. The highest BCUT2D eigenvalue weighted by atomic mass is 16.7. The van der Waals surface area contributed by atoms with E-state index in [2.05, 4.69) is 30.9 Å². The molecule has 1 aromatic carbocycles. The zero-order valence-corrected chi connectivity index (χ0v) is 20.3. The molecule has 0 amide bonds. The summed E-state index contributed by atoms with van der Waals surface area (Å²) >= 11 is 0. The minimum Gasteiger partial charge on any atom is -0.454 e. The molecule has 1 aromatic heterocycles. The highest BCUT2D eigenvalue weighted by Gasteiger charge is 2.16. The molecule has 2 heterocycles. The van der Waals surface area contributed by atoms with Gasteiger partial charge in [0.2, 0.25) is 24.6 Å². The fourth-order valence-electron chi connectivity index (χ4n) is 4.08. The summed E-state index contributed by atoms with van der Waals surface area (Å²) in [6, 6.07) is 6.26. The molecule has 192 valence electrons. The Hall–Kier alpha value is -2.89. The van der Waals surface area contributed by atoms with Gasteiger partial charge in [-0.15, -0.1) is 0 Å². The lowest BCUT2D eigenvalue weighted by atomic mass is 10.1. The molecule has 0 saturated heterocycles. The standard InChI is InChI=1S/C24H37N7O4/c25-9-11-32-13-14-33-12-10-26-22-29-23(27-16-18-7-8-20-21(15-18)35-17-34-20)31-24(30-22)28-19-5-3-1-2-4-6-19/h7-8,15,19H,1-6,9-14,16-17,25H2,(H3,26,27,28,29,30,31). The highest BCUT2D eigenvalue weighted by molar-refractivity contribution is 5.46. The number of aromatic nitrogens is 3. The van der Waals surface area contributed by atoms with E-state index >= 15 is 0 Å². The van der Waals surface area contributed by atoms with Crippen LogP contribution in [0, 0.1) is 0 Å². The Morgan fingerprint density at radius 1 is 0.829 bits per heavy atom. The smallest absolute Gasteiger partial charge is 0.231 e. The maximum absolute atomic E-state index is 5.59. The Kier molecular flexibility index (Phi) is 9.98. The number of fused-ring (bicyclic) bond motifs is 1. The molecule has 35 heavy (non-hydrogen) atoms. The molecule has 1 aliphatic carbocycles. The van der Waals surface area contributed by atoms with Gasteiger partial charge >= 0.3 is 0 Å². The summed E-state index contributed by atoms with van der Waals surface area (Å²) in [5.74, 6) is 3.12. The van der Waals surface area contributed by atoms with E-state index in [0.717, 1.165) is 29.9 Å². The minimum absolute atomic E-state index is 0.259. The normalized spacial score (nSPS) is 15.6. The number of nitrogens with two attached hydrogens (primary N) is 1. The first-order valence-electron chi connectivity index (χ1n) is 12.5. The van der Waals surface area contributed by atoms with Crippen LogP contribution in [0.4, 0.5) is 17.8 Å². The lowest BCUT2D eigenvalue weighted by Gasteiger charge is -2.17. The monoisotopic (exact) mass is 487 g/mol. The van der Waals surface area contributed by atoms with Crippen LogP contribution >= 0.6 is 0 Å². The number of rotatable bonds is 14. The van der Waals surface area contributed by atoms with Gasteiger partial charge in [0.1, 0.15) is 0 Å². The quantitative estimate of drug-likeness (QED) is 0.231. The molecule has 1 fully saturated rings. The maximum Gasteiger partial charge on any atom is 0.231 e. The van der Waals surface area contributed by atoms with Crippen LogP contribution in [0.2, 0.25) is 0 Å². The molecule has 11 heteroatoms. The minimum atomic E-state index is 0.259. The van der Waals surface area contributed by atoms with Gasteiger partial charge in [0.15, 0.2) is 11.5 Å². The van der Waals surface area contributed by atoms with E-state index in [1.165, 1.54) is 25.7 Å². The summed E-state index contributed by atoms with van der Waals surface area (Å²) in [5, 5.41) is 10.1. The van der Waals surface area contributed by atoms with Crippen LogP contribution < -0.4 is 31.2 Å². The molecule has 4 rings (SSSR count). The number of nitrogens with one attached hydrogen (secondary N) is 3. The number of nitrogens with zero attached hydrogens (tertiary/aromatic N) is 3. The average molecular weight is 488 g/mol. The predicted molar refractivity (Wildman–Crippen MR) is 134 cm³/mol. The van der Waals surface area contributed by atoms with Crippen molar-refractivity contribution in [3.05, 3.63) is 23.8 Å². The SMILES string of the molecule is NCCOCCOCCNc1nc(NCc2ccc3c(c2)OCO3)nc(NC2CCCCCC2)n1. The van der Waals surface area contributed by atoms with Crippen LogP contribution in [0.5, 0.6) is 11.5 Å². The van der Waals surface area contributed by atoms with Gasteiger partial charge in [-0.3, -0.25) is 0 Å². The van der Waals surface area contributed by atoms with Gasteiger partial charge < -0.3 is 40.6 Å². The van der Waals surface area contributed by atoms with E-state index in [4.69, 9.17) is 24.7 Å². The molecule has 5 N–H and O–H groups in total. The third kappa shape index (κ3) is 8.37. The van der Waals surface area contributed by atoms with Crippen LogP contribution in [-0.4, -0.2) is 67.3 Å². The molecule has 0 atom stereocenters. The largest absolute Gasteiger partial charge is 0.454 e. The van der Waals surface area contributed by atoms with Gasteiger partial charge in [0, 0.05) is 25.7 Å². The van der Waals surface area contributed by atoms with Crippen LogP contribution in [0.3, 0.4) is 0 Å². The Labute approximate surface area is 206 Å². The van der Waals surface area contributed by atoms with E-state index in [0.29, 0.717) is 69.9 Å². The van der Waals surface area contributed by atoms with Gasteiger partial charge in [-0.05, 0) is 30.5 Å². The summed E-state index contributed by atoms with van der Waals surface area (Å²) in [7, 11) is 0. The van der Waals surface area contributed by atoms with Crippen LogP contribution in [0.25, 0.3) is 0 Å². The van der Waals surface area contributed by atoms with Gasteiger partial charge in [-0.2, -0.15) is 15.0 Å². The third-order valence-corrected chi connectivity index (χ3v) is 5.88. The van der Waals surface area contributed by atoms with Crippen molar-refractivity contribution in [3.8, 4) is 11.5 Å². The molecule has 0 bridgehead atoms. The number of hydrogen-bond donors (Lipinski definition) is 4. The Balaban J connectivity index is 1.34. The second kappa shape index (κ2) is 13.9. The van der Waals surface area contributed by atoms with Gasteiger partial charge in [-0.25, -0.2) is 0 Å². The zero-order chi connectivity index (χ0) is 24.1. The lowest BCUT2D eigenvalue weighted by Crippen LogP contribution is -2.22. The van der Waals surface area contributed by atoms with Crippen LogP contribution in [0.1, 0.15) is 44.1 Å². The summed E-state index contributed by atoms with van der Waals surface area (Å²) in [6.45, 7) is 4.02. The van der Waals surface area contributed by atoms with Crippen molar-refractivity contribution in [2.24, 2.45) is 5.73 Å². The van der Waals surface area contributed by atoms with Crippen molar-refractivity contribution >= 4 is 17.8 Å². The molecule has 1 saturated carbocycles. The number of benzene rings is 1. The first kappa shape index (κ1) is 25.2. The molecule has 0 spiro atoms. The Morgan fingerprint density at radius 2 is 1.54 bits per heavy atom. The molecular formula is C24H37N7O4. The van der Waals surface area contributed by atoms with E-state index in [9.17, 15) is 0 Å². The van der Waals surface area contributed by atoms with Gasteiger partial charge in [-0.1, -0.05) is 31.7 Å². The van der Waals surface area contributed by atoms with Crippen molar-refractivity contribution in [2.75, 3.05) is 62.3 Å². The lowest BCUT2D eigenvalue weighted by molar-refractivity contribution is 0.0547. The van der Waals surface area contributed by atoms with Crippen molar-refractivity contribution in [3.63, 3.8) is 0 Å². The van der Waals surface area contributed by atoms with Gasteiger partial charge in [0.05, 0.1) is 26.4 Å². The average Bonchev–Trinajstić information content (AvgIpc) is 3.19. The molecule has 0 unspecified atom stereocenters. The van der Waals surface area contributed by atoms with Crippen LogP contribution in [-0.2, 0) is 16.0 Å². The van der Waals surface area contributed by atoms with Crippen molar-refractivity contribution in [1.29, 1.82) is 0 Å². The number of hydrogen-bond acceptors (Lipinski definition) is 11. The van der Waals surface area contributed by atoms with Gasteiger partial charge in [0.25, 0.3) is 0 Å². The molecule has 0 radical (unpaired) electrons. The second-order valence-corrected chi connectivity index (χ2v) is 8.62. The number of ether oxygens (including phenoxy) is 4. The number of anilines is 3. The summed E-state index contributed by atoms with van der Waals surface area (Å²) in [5.41, 5.74) is 6.46. The van der Waals surface area contributed by atoms with Crippen molar-refractivity contribution in [1.82, 2.24) is 15.0 Å². The second-order valence-electron chi connectivity index (χ2n) is 8.62. The Bertz CT molecular complexity index is 909. The third-order valence-electron chi connectivity index (χ3n) is 5.88. The fraction of sp³-hybridized carbons (Fsp3) is 0.625. The topological polar surface area (TPSA) is 138 Å². The summed E-state index contributed by atoms with van der Waals surface area (Å²) in [4.78, 5) is 13.8. The van der Waals surface area contributed by atoms with Crippen molar-refractivity contribution < 1.29 is 18.9 Å². The first-order chi connectivity index (χ1) is 17.3. The summed E-state index contributed by atoms with van der Waals surface area (Å²) < 4.78 is 21.8. The maximum atomic E-state index is 5.59. The summed E-state index contributed by atoms with van der Waals surface area (Å²) in [6.07, 6.45) is 7.32. The molecular weight excluding hydrogens is 450 g/mol. The zero-order valence-electron chi connectivity index (χ0n) is 20.3. The van der Waals surface area contributed by atoms with E-state index in [1.807, 2.05) is 18.2 Å². The Morgan fingerprint density at radius 3 is 2.34 bits per heavy atom. The molecule has 2 aliphatic rings. The van der Waals surface area contributed by atoms with E-state index < -0.39 is 0 Å². The fourth-order valence-corrected chi connectivity index (χ4v) is 4.08.